The van der Waals surface area contributed by atoms with Crippen molar-refractivity contribution in [1.29, 1.82) is 0 Å². The minimum Gasteiger partial charge on any atom is -0.461 e. The lowest BCUT2D eigenvalue weighted by Crippen LogP contribution is -2.04. The van der Waals surface area contributed by atoms with Crippen LogP contribution in [0.4, 0.5) is 5.69 Å². The van der Waals surface area contributed by atoms with Crippen LogP contribution >= 0.6 is 0 Å². The van der Waals surface area contributed by atoms with Gasteiger partial charge in [0.15, 0.2) is 11.5 Å². The lowest BCUT2D eigenvalue weighted by Gasteiger charge is -2.06. The molecule has 0 amide bonds. The number of anilines is 1. The number of esters is 1. The average Bonchev–Trinajstić information content (AvgIpc) is 2.89. The van der Waals surface area contributed by atoms with Crippen molar-refractivity contribution in [3.05, 3.63) is 35.7 Å². The molecule has 0 radical (unpaired) electrons. The number of carbonyl (C=O) groups excluding carboxylic acids is 2. The number of hydrogen-bond acceptors (Lipinski definition) is 7. The van der Waals surface area contributed by atoms with E-state index in [-0.39, 0.29) is 29.9 Å². The number of carbonyl (C=O) groups is 2. The van der Waals surface area contributed by atoms with Gasteiger partial charge in [0.05, 0.1) is 12.2 Å². The highest BCUT2D eigenvalue weighted by Crippen LogP contribution is 2.27. The van der Waals surface area contributed by atoms with Crippen molar-refractivity contribution in [3.8, 4) is 11.8 Å². The predicted molar refractivity (Wildman–Crippen MR) is 73.4 cm³/mol. The van der Waals surface area contributed by atoms with Crippen molar-refractivity contribution in [3.63, 3.8) is 0 Å². The predicted octanol–water partition coefficient (Wildman–Crippen LogP) is 2.43. The fourth-order valence-electron chi connectivity index (χ4n) is 1.61. The number of oxazole rings is 1. The van der Waals surface area contributed by atoms with Gasteiger partial charge in [-0.3, -0.25) is 4.79 Å². The summed E-state index contributed by atoms with van der Waals surface area (Å²) in [6, 6.07) is 4.60. The van der Waals surface area contributed by atoms with Crippen molar-refractivity contribution in [1.82, 2.24) is 4.98 Å². The maximum Gasteiger partial charge on any atom is 0.399 e. The van der Waals surface area contributed by atoms with Crippen molar-refractivity contribution >= 4 is 17.4 Å². The maximum absolute atomic E-state index is 11.5. The minimum absolute atomic E-state index is 0.00771. The molecule has 0 aliphatic rings. The van der Waals surface area contributed by atoms with E-state index in [1.165, 1.54) is 19.1 Å². The molecule has 0 unspecified atom stereocenters. The molecule has 1 aromatic heterocycles. The van der Waals surface area contributed by atoms with Crippen LogP contribution in [0.2, 0.25) is 0 Å². The van der Waals surface area contributed by atoms with Gasteiger partial charge in [0.25, 0.3) is 0 Å². The second-order valence-corrected chi connectivity index (χ2v) is 4.13. The monoisotopic (exact) mass is 290 g/mol. The number of rotatable bonds is 5. The molecule has 0 fully saturated rings. The smallest absolute Gasteiger partial charge is 0.399 e. The van der Waals surface area contributed by atoms with Gasteiger partial charge in [0.2, 0.25) is 0 Å². The standard InChI is InChI=1S/C14H14N2O5/c1-3-19-13(18)11-7-20-14(16-11)21-12-5-4-9(15)6-10(12)8(2)17/h4-7H,3,15H2,1-2H3. The normalized spacial score (nSPS) is 10.2. The first-order chi connectivity index (χ1) is 10.0. The summed E-state index contributed by atoms with van der Waals surface area (Å²) in [5, 5.41) is 0. The van der Waals surface area contributed by atoms with Crippen LogP contribution in [0.1, 0.15) is 34.7 Å². The molecule has 110 valence electrons. The number of Topliss-reactive ketones (excluding diaryl/α,β-unsaturated/α-hetero) is 1. The quantitative estimate of drug-likeness (QED) is 0.512. The Morgan fingerprint density at radius 1 is 1.38 bits per heavy atom. The Morgan fingerprint density at radius 2 is 2.14 bits per heavy atom. The number of nitrogens with zero attached hydrogens (tertiary/aromatic N) is 1. The molecule has 0 bridgehead atoms. The van der Waals surface area contributed by atoms with E-state index in [1.54, 1.807) is 13.0 Å². The van der Waals surface area contributed by atoms with Crippen LogP contribution in [-0.2, 0) is 4.74 Å². The van der Waals surface area contributed by atoms with E-state index in [1.807, 2.05) is 0 Å². The van der Waals surface area contributed by atoms with Crippen LogP contribution in [0.25, 0.3) is 0 Å². The molecule has 2 rings (SSSR count). The molecule has 0 aliphatic carbocycles. The molecule has 2 N–H and O–H groups in total. The van der Waals surface area contributed by atoms with Gasteiger partial charge in [-0.2, -0.15) is 4.98 Å². The average molecular weight is 290 g/mol. The fraction of sp³-hybridized carbons (Fsp3) is 0.214. The van der Waals surface area contributed by atoms with E-state index in [0.29, 0.717) is 11.3 Å². The molecule has 0 aliphatic heterocycles. The SMILES string of the molecule is CCOC(=O)c1coc(Oc2ccc(N)cc2C(C)=O)n1. The Bertz CT molecular complexity index is 678. The molecule has 1 heterocycles. The van der Waals surface area contributed by atoms with Crippen molar-refractivity contribution < 1.29 is 23.5 Å². The van der Waals surface area contributed by atoms with Crippen LogP contribution < -0.4 is 10.5 Å². The number of benzene rings is 1. The Kier molecular flexibility index (Phi) is 4.22. The largest absolute Gasteiger partial charge is 0.461 e. The van der Waals surface area contributed by atoms with Gasteiger partial charge >= 0.3 is 12.0 Å². The van der Waals surface area contributed by atoms with E-state index < -0.39 is 5.97 Å². The highest BCUT2D eigenvalue weighted by atomic mass is 16.6. The van der Waals surface area contributed by atoms with Gasteiger partial charge in [-0.05, 0) is 32.0 Å². The summed E-state index contributed by atoms with van der Waals surface area (Å²) in [7, 11) is 0. The summed E-state index contributed by atoms with van der Waals surface area (Å²) < 4.78 is 15.2. The van der Waals surface area contributed by atoms with Crippen molar-refractivity contribution in [2.24, 2.45) is 0 Å². The summed E-state index contributed by atoms with van der Waals surface area (Å²) in [5.41, 5.74) is 6.35. The van der Waals surface area contributed by atoms with E-state index in [4.69, 9.17) is 19.6 Å². The Morgan fingerprint density at radius 3 is 2.81 bits per heavy atom. The van der Waals surface area contributed by atoms with Crippen LogP contribution in [0.5, 0.6) is 11.8 Å². The zero-order valence-corrected chi connectivity index (χ0v) is 11.6. The van der Waals surface area contributed by atoms with Crippen LogP contribution in [0.15, 0.2) is 28.9 Å². The van der Waals surface area contributed by atoms with Crippen LogP contribution in [0, 0.1) is 0 Å². The molecule has 7 heteroatoms. The third-order valence-corrected chi connectivity index (χ3v) is 2.55. The summed E-state index contributed by atoms with van der Waals surface area (Å²) in [4.78, 5) is 26.8. The second kappa shape index (κ2) is 6.08. The molecule has 1 aromatic carbocycles. The van der Waals surface area contributed by atoms with Gasteiger partial charge in [-0.25, -0.2) is 4.79 Å². The molecule has 7 nitrogen and oxygen atoms in total. The number of aromatic nitrogens is 1. The molecular formula is C14H14N2O5. The Labute approximate surface area is 120 Å². The van der Waals surface area contributed by atoms with Gasteiger partial charge in [-0.1, -0.05) is 0 Å². The zero-order valence-electron chi connectivity index (χ0n) is 11.6. The zero-order chi connectivity index (χ0) is 15.4. The first-order valence-electron chi connectivity index (χ1n) is 6.22. The Balaban J connectivity index is 2.23. The molecule has 21 heavy (non-hydrogen) atoms. The summed E-state index contributed by atoms with van der Waals surface area (Å²) >= 11 is 0. The Hall–Kier alpha value is -2.83. The fourth-order valence-corrected chi connectivity index (χ4v) is 1.61. The van der Waals surface area contributed by atoms with Crippen LogP contribution in [0.3, 0.4) is 0 Å². The summed E-state index contributed by atoms with van der Waals surface area (Å²) in [6.07, 6.45) is 0.961. The van der Waals surface area contributed by atoms with E-state index >= 15 is 0 Å². The number of ether oxygens (including phenoxy) is 2. The summed E-state index contributed by atoms with van der Waals surface area (Å²) in [5.74, 6) is -0.580. The number of hydrogen-bond donors (Lipinski definition) is 1. The third-order valence-electron chi connectivity index (χ3n) is 2.55. The number of nitrogens with two attached hydrogens (primary N) is 1. The highest BCUT2D eigenvalue weighted by molar-refractivity contribution is 5.97. The van der Waals surface area contributed by atoms with Gasteiger partial charge in [-0.15, -0.1) is 0 Å². The summed E-state index contributed by atoms with van der Waals surface area (Å²) in [6.45, 7) is 3.30. The second-order valence-electron chi connectivity index (χ2n) is 4.13. The molecule has 0 saturated carbocycles. The van der Waals surface area contributed by atoms with E-state index in [2.05, 4.69) is 4.98 Å². The number of nitrogen functional groups attached to an aromatic ring is 1. The lowest BCUT2D eigenvalue weighted by atomic mass is 10.1. The first-order valence-corrected chi connectivity index (χ1v) is 6.22. The highest BCUT2D eigenvalue weighted by Gasteiger charge is 2.16. The van der Waals surface area contributed by atoms with E-state index in [9.17, 15) is 9.59 Å². The molecular weight excluding hydrogens is 276 g/mol. The molecule has 2 aromatic rings. The van der Waals surface area contributed by atoms with Gasteiger partial charge in [0.1, 0.15) is 12.0 Å². The molecule has 0 saturated heterocycles. The molecule has 0 atom stereocenters. The van der Waals surface area contributed by atoms with Crippen LogP contribution in [-0.4, -0.2) is 23.3 Å². The minimum atomic E-state index is -0.611. The third kappa shape index (κ3) is 3.38. The first kappa shape index (κ1) is 14.6. The van der Waals surface area contributed by atoms with Crippen molar-refractivity contribution in [2.75, 3.05) is 12.3 Å². The van der Waals surface area contributed by atoms with E-state index in [0.717, 1.165) is 6.26 Å². The number of ketones is 1. The topological polar surface area (TPSA) is 105 Å². The van der Waals surface area contributed by atoms with Crippen molar-refractivity contribution in [2.45, 2.75) is 13.8 Å². The maximum atomic E-state index is 11.5. The molecule has 0 spiro atoms. The van der Waals surface area contributed by atoms with Gasteiger partial charge in [0, 0.05) is 5.69 Å². The lowest BCUT2D eigenvalue weighted by molar-refractivity contribution is 0.0519. The van der Waals surface area contributed by atoms with Gasteiger partial charge < -0.3 is 19.6 Å².